The third-order valence-electron chi connectivity index (χ3n) is 2.03. The number of aliphatic hydroxyl groups excluding tert-OH is 1. The van der Waals surface area contributed by atoms with Crippen LogP contribution in [-0.4, -0.2) is 17.4 Å². The number of benzene rings is 1. The number of hydrazone groups is 1. The zero-order valence-electron chi connectivity index (χ0n) is 7.11. The van der Waals surface area contributed by atoms with Crippen molar-refractivity contribution >= 4 is 6.21 Å². The highest BCUT2D eigenvalue weighted by Crippen LogP contribution is 2.21. The lowest BCUT2D eigenvalue weighted by Gasteiger charge is -2.13. The molecule has 1 heterocycles. The maximum Gasteiger partial charge on any atom is 0.126 e. The van der Waals surface area contributed by atoms with Crippen LogP contribution in [0.3, 0.4) is 0 Å². The summed E-state index contributed by atoms with van der Waals surface area (Å²) in [6, 6.07) is 2.54. The van der Waals surface area contributed by atoms with Gasteiger partial charge in [0.05, 0.1) is 6.21 Å². The van der Waals surface area contributed by atoms with Gasteiger partial charge in [-0.25, -0.2) is 8.78 Å². The van der Waals surface area contributed by atoms with Crippen LogP contribution in [0.25, 0.3) is 0 Å². The summed E-state index contributed by atoms with van der Waals surface area (Å²) in [6.07, 6.45) is 0.434. The van der Waals surface area contributed by atoms with E-state index in [4.69, 9.17) is 0 Å². The quantitative estimate of drug-likeness (QED) is 0.705. The Kier molecular flexibility index (Phi) is 2.17. The van der Waals surface area contributed by atoms with E-state index in [0.29, 0.717) is 5.56 Å². The van der Waals surface area contributed by atoms with Crippen molar-refractivity contribution in [2.45, 2.75) is 12.1 Å². The molecular weight excluding hydrogens is 190 g/mol. The van der Waals surface area contributed by atoms with Crippen molar-refractivity contribution in [1.82, 2.24) is 5.43 Å². The fraction of sp³-hybridized carbons (Fsp3) is 0.222. The minimum absolute atomic E-state index is 0.340. The first-order valence-electron chi connectivity index (χ1n) is 4.09. The van der Waals surface area contributed by atoms with Gasteiger partial charge in [-0.1, -0.05) is 0 Å². The Balaban J connectivity index is 2.32. The molecule has 74 valence electrons. The normalized spacial score (nSPS) is 25.1. The summed E-state index contributed by atoms with van der Waals surface area (Å²) in [5.41, 5.74) is 2.90. The smallest absolute Gasteiger partial charge is 0.126 e. The summed E-state index contributed by atoms with van der Waals surface area (Å²) in [5, 5.41) is 13.0. The summed E-state index contributed by atoms with van der Waals surface area (Å²) in [7, 11) is 0. The first-order valence-corrected chi connectivity index (χ1v) is 4.09. The average Bonchev–Trinajstić information content (AvgIpc) is 2.49. The van der Waals surface area contributed by atoms with Crippen LogP contribution >= 0.6 is 0 Å². The highest BCUT2D eigenvalue weighted by atomic mass is 19.1. The second kappa shape index (κ2) is 3.34. The van der Waals surface area contributed by atoms with Crippen LogP contribution in [0.5, 0.6) is 0 Å². The molecule has 14 heavy (non-hydrogen) atoms. The van der Waals surface area contributed by atoms with Crippen molar-refractivity contribution in [3.05, 3.63) is 35.4 Å². The van der Waals surface area contributed by atoms with Crippen LogP contribution in [0.4, 0.5) is 8.78 Å². The largest absolute Gasteiger partial charge is 0.385 e. The van der Waals surface area contributed by atoms with E-state index in [1.807, 2.05) is 0 Å². The van der Waals surface area contributed by atoms with E-state index in [1.165, 1.54) is 18.3 Å². The number of hydrogen-bond donors (Lipinski definition) is 2. The Morgan fingerprint density at radius 3 is 2.36 bits per heavy atom. The second-order valence-corrected chi connectivity index (χ2v) is 3.08. The molecule has 5 heteroatoms. The van der Waals surface area contributed by atoms with Crippen molar-refractivity contribution in [2.75, 3.05) is 0 Å². The number of rotatable bonds is 1. The minimum atomic E-state index is -0.851. The van der Waals surface area contributed by atoms with Crippen LogP contribution in [-0.2, 0) is 0 Å². The van der Waals surface area contributed by atoms with E-state index in [-0.39, 0.29) is 0 Å². The Morgan fingerprint density at radius 1 is 1.21 bits per heavy atom. The van der Waals surface area contributed by atoms with Crippen LogP contribution in [0, 0.1) is 11.6 Å². The fourth-order valence-corrected chi connectivity index (χ4v) is 1.39. The maximum absolute atomic E-state index is 12.8. The molecule has 2 atom stereocenters. The van der Waals surface area contributed by atoms with Crippen molar-refractivity contribution in [3.8, 4) is 0 Å². The molecule has 1 aromatic carbocycles. The standard InChI is InChI=1S/C9H8F2N2O/c10-6-1-5(2-7(11)3-6)9-8(14)4-12-13-9/h1-4,8-9,13-14H. The monoisotopic (exact) mass is 198 g/mol. The third kappa shape index (κ3) is 1.58. The van der Waals surface area contributed by atoms with Gasteiger partial charge in [0.25, 0.3) is 0 Å². The summed E-state index contributed by atoms with van der Waals surface area (Å²) in [4.78, 5) is 0. The van der Waals surface area contributed by atoms with Crippen LogP contribution in [0.15, 0.2) is 23.3 Å². The van der Waals surface area contributed by atoms with Crippen LogP contribution in [0.2, 0.25) is 0 Å². The summed E-state index contributed by atoms with van der Waals surface area (Å²) >= 11 is 0. The van der Waals surface area contributed by atoms with Gasteiger partial charge < -0.3 is 5.11 Å². The SMILES string of the molecule is OC1C=NNC1c1cc(F)cc(F)c1. The van der Waals surface area contributed by atoms with Gasteiger partial charge in [0.2, 0.25) is 0 Å². The Labute approximate surface area is 79.1 Å². The molecule has 0 spiro atoms. The molecular formula is C9H8F2N2O. The van der Waals surface area contributed by atoms with Gasteiger partial charge in [0.1, 0.15) is 23.8 Å². The molecule has 0 aromatic heterocycles. The maximum atomic E-state index is 12.8. The van der Waals surface area contributed by atoms with Gasteiger partial charge in [0, 0.05) is 6.07 Å². The summed E-state index contributed by atoms with van der Waals surface area (Å²) < 4.78 is 25.6. The lowest BCUT2D eigenvalue weighted by atomic mass is 10.0. The van der Waals surface area contributed by atoms with Gasteiger partial charge in [-0.2, -0.15) is 5.10 Å². The molecule has 2 rings (SSSR count). The number of aliphatic hydroxyl groups is 1. The molecule has 2 unspecified atom stereocenters. The topological polar surface area (TPSA) is 44.6 Å². The molecule has 0 bridgehead atoms. The van der Waals surface area contributed by atoms with E-state index < -0.39 is 23.8 Å². The van der Waals surface area contributed by atoms with Gasteiger partial charge in [-0.3, -0.25) is 5.43 Å². The van der Waals surface area contributed by atoms with E-state index >= 15 is 0 Å². The van der Waals surface area contributed by atoms with Gasteiger partial charge in [-0.05, 0) is 17.7 Å². The lowest BCUT2D eigenvalue weighted by Crippen LogP contribution is -2.22. The predicted octanol–water partition coefficient (Wildman–Crippen LogP) is 0.956. The van der Waals surface area contributed by atoms with E-state index in [0.717, 1.165) is 6.07 Å². The van der Waals surface area contributed by atoms with Crippen molar-refractivity contribution in [3.63, 3.8) is 0 Å². The Morgan fingerprint density at radius 2 is 1.86 bits per heavy atom. The number of hydrogen-bond acceptors (Lipinski definition) is 3. The fourth-order valence-electron chi connectivity index (χ4n) is 1.39. The number of halogens is 2. The summed E-state index contributed by atoms with van der Waals surface area (Å²) in [6.45, 7) is 0. The minimum Gasteiger partial charge on any atom is -0.385 e. The zero-order chi connectivity index (χ0) is 10.1. The van der Waals surface area contributed by atoms with Crippen molar-refractivity contribution in [2.24, 2.45) is 5.10 Å². The molecule has 0 saturated heterocycles. The average molecular weight is 198 g/mol. The molecule has 0 radical (unpaired) electrons. The molecule has 1 aliphatic heterocycles. The molecule has 0 aliphatic carbocycles. The highest BCUT2D eigenvalue weighted by Gasteiger charge is 2.24. The first kappa shape index (κ1) is 9.08. The molecule has 2 N–H and O–H groups in total. The third-order valence-corrected chi connectivity index (χ3v) is 2.03. The molecule has 3 nitrogen and oxygen atoms in total. The van der Waals surface area contributed by atoms with E-state index in [2.05, 4.69) is 10.5 Å². The predicted molar refractivity (Wildman–Crippen MR) is 46.7 cm³/mol. The van der Waals surface area contributed by atoms with Crippen LogP contribution < -0.4 is 5.43 Å². The number of nitrogens with one attached hydrogen (secondary N) is 1. The number of nitrogens with zero attached hydrogens (tertiary/aromatic N) is 1. The Bertz CT molecular complexity index is 361. The van der Waals surface area contributed by atoms with E-state index in [1.54, 1.807) is 0 Å². The van der Waals surface area contributed by atoms with Crippen LogP contribution in [0.1, 0.15) is 11.6 Å². The summed E-state index contributed by atoms with van der Waals surface area (Å²) in [5.74, 6) is -1.33. The highest BCUT2D eigenvalue weighted by molar-refractivity contribution is 5.66. The van der Waals surface area contributed by atoms with Crippen molar-refractivity contribution < 1.29 is 13.9 Å². The lowest BCUT2D eigenvalue weighted by molar-refractivity contribution is 0.209. The van der Waals surface area contributed by atoms with Gasteiger partial charge >= 0.3 is 0 Å². The van der Waals surface area contributed by atoms with Gasteiger partial charge in [-0.15, -0.1) is 0 Å². The van der Waals surface area contributed by atoms with Gasteiger partial charge in [0.15, 0.2) is 0 Å². The molecule has 0 amide bonds. The van der Waals surface area contributed by atoms with E-state index in [9.17, 15) is 13.9 Å². The zero-order valence-corrected chi connectivity index (χ0v) is 7.11. The Hall–Kier alpha value is -1.49. The molecule has 1 aliphatic rings. The second-order valence-electron chi connectivity index (χ2n) is 3.08. The molecule has 1 aromatic rings. The molecule has 0 saturated carbocycles. The molecule has 0 fully saturated rings. The van der Waals surface area contributed by atoms with Crippen molar-refractivity contribution in [1.29, 1.82) is 0 Å². The first-order chi connectivity index (χ1) is 6.66.